The lowest BCUT2D eigenvalue weighted by Crippen LogP contribution is -2.37. The van der Waals surface area contributed by atoms with E-state index in [-0.39, 0.29) is 36.0 Å². The Balaban J connectivity index is 1.36. The minimum atomic E-state index is -0.703. The van der Waals surface area contributed by atoms with Crippen LogP contribution in [0.2, 0.25) is 0 Å². The lowest BCUT2D eigenvalue weighted by Gasteiger charge is -2.11. The van der Waals surface area contributed by atoms with E-state index in [0.29, 0.717) is 39.9 Å². The number of aliphatic hydroxyl groups is 1. The molecule has 0 bridgehead atoms. The van der Waals surface area contributed by atoms with Gasteiger partial charge in [0.1, 0.15) is 17.7 Å². The molecule has 0 saturated heterocycles. The number of rotatable bonds is 9. The van der Waals surface area contributed by atoms with Gasteiger partial charge in [0.2, 0.25) is 17.4 Å². The summed E-state index contributed by atoms with van der Waals surface area (Å²) in [4.78, 5) is 21.3. The second-order valence-corrected chi connectivity index (χ2v) is 8.56. The van der Waals surface area contributed by atoms with Crippen LogP contribution >= 0.6 is 0 Å². The van der Waals surface area contributed by atoms with Gasteiger partial charge in [0.25, 0.3) is 5.69 Å². The van der Waals surface area contributed by atoms with Crippen molar-refractivity contribution >= 4 is 16.8 Å². The highest BCUT2D eigenvalue weighted by molar-refractivity contribution is 5.94. The standard InChI is InChI=1S/C28H22F2N4O4/c29-20-8-6-19(7-9-20)23-3-1-4-24(34(23)37)25(36)16-18-5-10-26(21(30)15-18)38-28-27-22(31-17-32-28)11-13-33(27)12-2-14-35/h1,3-11,13,15,17,35H,2,12,14,16H2. The highest BCUT2D eigenvalue weighted by atomic mass is 19.1. The minimum absolute atomic E-state index is 0.0151. The Bertz CT molecular complexity index is 1620. The van der Waals surface area contributed by atoms with E-state index in [1.807, 2.05) is 4.57 Å². The van der Waals surface area contributed by atoms with Crippen LogP contribution in [0.15, 0.2) is 79.3 Å². The second-order valence-electron chi connectivity index (χ2n) is 8.56. The quantitative estimate of drug-likeness (QED) is 0.174. The zero-order valence-electron chi connectivity index (χ0n) is 20.1. The van der Waals surface area contributed by atoms with Crippen LogP contribution < -0.4 is 9.47 Å². The first-order chi connectivity index (χ1) is 18.4. The fourth-order valence-corrected chi connectivity index (χ4v) is 4.16. The number of hydrogen-bond acceptors (Lipinski definition) is 6. The number of carbonyl (C=O) groups excluding carboxylic acids is 1. The third kappa shape index (κ3) is 5.07. The first-order valence-electron chi connectivity index (χ1n) is 11.8. The molecule has 0 radical (unpaired) electrons. The monoisotopic (exact) mass is 516 g/mol. The van der Waals surface area contributed by atoms with E-state index < -0.39 is 17.4 Å². The molecule has 0 aliphatic heterocycles. The number of ketones is 1. The SMILES string of the molecule is O=C(Cc1ccc(Oc2ncnc3ccn(CCCO)c23)c(F)c1)c1cccc(-c2ccc(F)cc2)[n+]1[O-]. The van der Waals surface area contributed by atoms with Gasteiger partial charge in [0.05, 0.1) is 5.52 Å². The Labute approximate surface area is 216 Å². The van der Waals surface area contributed by atoms with Crippen LogP contribution in [0.4, 0.5) is 8.78 Å². The summed E-state index contributed by atoms with van der Waals surface area (Å²) in [5.74, 6) is -1.58. The van der Waals surface area contributed by atoms with Crippen molar-refractivity contribution in [3.8, 4) is 22.9 Å². The number of hydrogen-bond donors (Lipinski definition) is 1. The number of fused-ring (bicyclic) bond motifs is 1. The molecule has 10 heteroatoms. The average Bonchev–Trinajstić information content (AvgIpc) is 3.33. The number of aromatic nitrogens is 4. The molecule has 0 unspecified atom stereocenters. The van der Waals surface area contributed by atoms with Gasteiger partial charge in [-0.1, -0.05) is 6.07 Å². The van der Waals surface area contributed by atoms with Gasteiger partial charge < -0.3 is 19.6 Å². The van der Waals surface area contributed by atoms with Crippen LogP contribution in [0.5, 0.6) is 11.6 Å². The van der Waals surface area contributed by atoms with Gasteiger partial charge in [0.15, 0.2) is 11.6 Å². The summed E-state index contributed by atoms with van der Waals surface area (Å²) in [6.45, 7) is 0.524. The molecule has 0 atom stereocenters. The molecule has 0 saturated carbocycles. The van der Waals surface area contributed by atoms with Gasteiger partial charge in [-0.15, -0.1) is 0 Å². The summed E-state index contributed by atoms with van der Waals surface area (Å²) in [7, 11) is 0. The van der Waals surface area contributed by atoms with Crippen molar-refractivity contribution in [2.45, 2.75) is 19.4 Å². The number of aryl methyl sites for hydroxylation is 1. The molecule has 2 aromatic carbocycles. The van der Waals surface area contributed by atoms with E-state index in [2.05, 4.69) is 9.97 Å². The molecular formula is C28H22F2N4O4. The van der Waals surface area contributed by atoms with Crippen LogP contribution in [-0.2, 0) is 13.0 Å². The first-order valence-corrected chi connectivity index (χ1v) is 11.8. The van der Waals surface area contributed by atoms with E-state index in [0.717, 1.165) is 0 Å². The minimum Gasteiger partial charge on any atom is -0.618 e. The summed E-state index contributed by atoms with van der Waals surface area (Å²) in [6, 6.07) is 15.8. The molecule has 0 aliphatic carbocycles. The van der Waals surface area contributed by atoms with Crippen molar-refractivity contribution in [3.63, 3.8) is 0 Å². The highest BCUT2D eigenvalue weighted by Gasteiger charge is 2.21. The zero-order valence-corrected chi connectivity index (χ0v) is 20.1. The number of carbonyl (C=O) groups is 1. The summed E-state index contributed by atoms with van der Waals surface area (Å²) in [5.41, 5.74) is 2.09. The Hall–Kier alpha value is -4.70. The summed E-state index contributed by atoms with van der Waals surface area (Å²) in [5, 5.41) is 22.0. The largest absolute Gasteiger partial charge is 0.618 e. The predicted octanol–water partition coefficient (Wildman–Crippen LogP) is 4.61. The van der Waals surface area contributed by atoms with Gasteiger partial charge in [-0.2, -0.15) is 9.71 Å². The third-order valence-corrected chi connectivity index (χ3v) is 6.01. The van der Waals surface area contributed by atoms with Crippen LogP contribution in [0.1, 0.15) is 22.5 Å². The summed E-state index contributed by atoms with van der Waals surface area (Å²) in [6.07, 6.45) is 3.41. The van der Waals surface area contributed by atoms with Crippen molar-refractivity contribution in [3.05, 3.63) is 107 Å². The molecule has 0 aliphatic rings. The van der Waals surface area contributed by atoms with Crippen molar-refractivity contribution in [1.82, 2.24) is 14.5 Å². The topological polar surface area (TPSA) is 104 Å². The fraction of sp³-hybridized carbons (Fsp3) is 0.143. The molecule has 38 heavy (non-hydrogen) atoms. The van der Waals surface area contributed by atoms with Crippen molar-refractivity contribution in [2.24, 2.45) is 0 Å². The van der Waals surface area contributed by atoms with Gasteiger partial charge in [-0.3, -0.25) is 4.79 Å². The maximum Gasteiger partial charge on any atom is 0.260 e. The van der Waals surface area contributed by atoms with Crippen LogP contribution in [0.25, 0.3) is 22.3 Å². The number of ether oxygens (including phenoxy) is 1. The number of nitrogens with zero attached hydrogens (tertiary/aromatic N) is 4. The molecule has 8 nitrogen and oxygen atoms in total. The second kappa shape index (κ2) is 10.7. The highest BCUT2D eigenvalue weighted by Crippen LogP contribution is 2.30. The molecule has 192 valence electrons. The number of Topliss-reactive ketones (excluding diaryl/α,β-unsaturated/α-hetero) is 1. The van der Waals surface area contributed by atoms with Crippen LogP contribution in [0, 0.1) is 16.8 Å². The first kappa shape index (κ1) is 25.0. The van der Waals surface area contributed by atoms with Gasteiger partial charge >= 0.3 is 0 Å². The lowest BCUT2D eigenvalue weighted by atomic mass is 10.0. The number of aliphatic hydroxyl groups excluding tert-OH is 1. The van der Waals surface area contributed by atoms with Crippen LogP contribution in [0.3, 0.4) is 0 Å². The Morgan fingerprint density at radius 1 is 1.05 bits per heavy atom. The number of pyridine rings is 1. The summed E-state index contributed by atoms with van der Waals surface area (Å²) < 4.78 is 36.3. The zero-order chi connectivity index (χ0) is 26.6. The third-order valence-electron chi connectivity index (χ3n) is 6.01. The number of halogens is 2. The van der Waals surface area contributed by atoms with Gasteiger partial charge in [-0.05, 0) is 60.5 Å². The molecule has 0 fully saturated rings. The molecule has 0 amide bonds. The van der Waals surface area contributed by atoms with Crippen LogP contribution in [-0.4, -0.2) is 32.0 Å². The molecular weight excluding hydrogens is 494 g/mol. The lowest BCUT2D eigenvalue weighted by molar-refractivity contribution is -0.596. The molecule has 1 N–H and O–H groups in total. The van der Waals surface area contributed by atoms with Gasteiger partial charge in [0, 0.05) is 43.5 Å². The van der Waals surface area contributed by atoms with E-state index in [9.17, 15) is 18.8 Å². The molecule has 3 aromatic heterocycles. The van der Waals surface area contributed by atoms with E-state index in [4.69, 9.17) is 9.84 Å². The smallest absolute Gasteiger partial charge is 0.260 e. The average molecular weight is 517 g/mol. The van der Waals surface area contributed by atoms with Crippen molar-refractivity contribution < 1.29 is 28.1 Å². The van der Waals surface area contributed by atoms with E-state index >= 15 is 0 Å². The maximum absolute atomic E-state index is 15.0. The molecule has 5 rings (SSSR count). The molecule has 5 aromatic rings. The predicted molar refractivity (Wildman–Crippen MR) is 135 cm³/mol. The Morgan fingerprint density at radius 2 is 1.87 bits per heavy atom. The van der Waals surface area contributed by atoms with E-state index in [1.165, 1.54) is 54.9 Å². The molecule has 3 heterocycles. The van der Waals surface area contributed by atoms with E-state index in [1.54, 1.807) is 24.4 Å². The van der Waals surface area contributed by atoms with Crippen molar-refractivity contribution in [1.29, 1.82) is 0 Å². The summed E-state index contributed by atoms with van der Waals surface area (Å²) >= 11 is 0. The maximum atomic E-state index is 15.0. The Kier molecular flexibility index (Phi) is 7.05. The van der Waals surface area contributed by atoms with Gasteiger partial charge in [-0.25, -0.2) is 13.8 Å². The fourth-order valence-electron chi connectivity index (χ4n) is 4.16. The Morgan fingerprint density at radius 3 is 2.63 bits per heavy atom. The normalized spacial score (nSPS) is 11.1. The molecule has 0 spiro atoms. The number of benzene rings is 2. The van der Waals surface area contributed by atoms with Crippen molar-refractivity contribution in [2.75, 3.05) is 6.61 Å².